The van der Waals surface area contributed by atoms with Crippen molar-refractivity contribution >= 4 is 40.3 Å². The second kappa shape index (κ2) is 8.62. The van der Waals surface area contributed by atoms with Crippen LogP contribution in [0.2, 0.25) is 0 Å². The lowest BCUT2D eigenvalue weighted by Crippen LogP contribution is -2.60. The van der Waals surface area contributed by atoms with Crippen LogP contribution in [0.3, 0.4) is 0 Å². The average molecular weight is 470 g/mol. The molecule has 166 valence electrons. The molecule has 1 saturated heterocycles. The molecule has 5 rings (SSSR count). The molecule has 4 N–H and O–H groups in total. The molecule has 1 amide bonds. The van der Waals surface area contributed by atoms with Crippen LogP contribution in [0.25, 0.3) is 5.69 Å². The monoisotopic (exact) mass is 469 g/mol. The highest BCUT2D eigenvalue weighted by molar-refractivity contribution is 7.80. The van der Waals surface area contributed by atoms with Gasteiger partial charge < -0.3 is 25.7 Å². The van der Waals surface area contributed by atoms with E-state index < -0.39 is 30.2 Å². The van der Waals surface area contributed by atoms with Crippen molar-refractivity contribution < 1.29 is 15.0 Å². The molecular formula is C22H23N5O3S2. The number of thiocarbonyl (C=S) groups is 1. The van der Waals surface area contributed by atoms with E-state index in [9.17, 15) is 15.0 Å². The van der Waals surface area contributed by atoms with Crippen LogP contribution < -0.4 is 15.5 Å². The van der Waals surface area contributed by atoms with Crippen LogP contribution in [-0.4, -0.2) is 55.3 Å². The first kappa shape index (κ1) is 21.1. The van der Waals surface area contributed by atoms with Crippen molar-refractivity contribution in [3.63, 3.8) is 0 Å². The molecule has 10 heteroatoms. The quantitative estimate of drug-likeness (QED) is 0.419. The van der Waals surface area contributed by atoms with Gasteiger partial charge in [-0.15, -0.1) is 11.3 Å². The number of aromatic nitrogens is 2. The van der Waals surface area contributed by atoms with Crippen LogP contribution in [0.4, 0.5) is 5.69 Å². The van der Waals surface area contributed by atoms with E-state index in [4.69, 9.17) is 12.2 Å². The Labute approximate surface area is 194 Å². The lowest BCUT2D eigenvalue weighted by molar-refractivity contribution is -0.131. The lowest BCUT2D eigenvalue weighted by Gasteiger charge is -2.41. The second-order valence-electron chi connectivity index (χ2n) is 8.00. The van der Waals surface area contributed by atoms with E-state index in [2.05, 4.69) is 15.7 Å². The maximum atomic E-state index is 13.2. The first-order chi connectivity index (χ1) is 15.5. The predicted octanol–water partition coefficient (Wildman–Crippen LogP) is 1.42. The van der Waals surface area contributed by atoms with Crippen LogP contribution in [0.1, 0.15) is 11.3 Å². The van der Waals surface area contributed by atoms with Gasteiger partial charge in [0.15, 0.2) is 5.11 Å². The summed E-state index contributed by atoms with van der Waals surface area (Å²) in [5.74, 6) is -0.707. The van der Waals surface area contributed by atoms with Gasteiger partial charge in [-0.25, -0.2) is 4.68 Å². The van der Waals surface area contributed by atoms with E-state index in [0.717, 1.165) is 16.3 Å². The van der Waals surface area contributed by atoms with Gasteiger partial charge in [0, 0.05) is 23.0 Å². The average Bonchev–Trinajstić information content (AvgIpc) is 3.56. The summed E-state index contributed by atoms with van der Waals surface area (Å²) >= 11 is 7.16. The smallest absolute Gasteiger partial charge is 0.225 e. The highest BCUT2D eigenvalue weighted by Gasteiger charge is 2.53. The minimum absolute atomic E-state index is 0.158. The predicted molar refractivity (Wildman–Crippen MR) is 126 cm³/mol. The second-order valence-corrected chi connectivity index (χ2v) is 9.42. The Morgan fingerprint density at radius 2 is 2.00 bits per heavy atom. The molecule has 5 atom stereocenters. The third-order valence-corrected chi connectivity index (χ3v) is 7.29. The fraction of sp³-hybridized carbons (Fsp3) is 0.318. The van der Waals surface area contributed by atoms with Gasteiger partial charge in [-0.05, 0) is 60.4 Å². The molecule has 0 radical (unpaired) electrons. The van der Waals surface area contributed by atoms with Gasteiger partial charge in [0.05, 0.1) is 36.3 Å². The molecule has 2 aromatic heterocycles. The number of aliphatic hydroxyl groups is 2. The van der Waals surface area contributed by atoms with E-state index in [0.29, 0.717) is 11.7 Å². The normalized spacial score (nSPS) is 27.1. The van der Waals surface area contributed by atoms with Crippen molar-refractivity contribution in [2.75, 3.05) is 4.90 Å². The minimum Gasteiger partial charge on any atom is -0.390 e. The highest BCUT2D eigenvalue weighted by atomic mass is 32.1. The Morgan fingerprint density at radius 3 is 2.69 bits per heavy atom. The molecule has 1 aromatic carbocycles. The van der Waals surface area contributed by atoms with Crippen LogP contribution >= 0.6 is 23.6 Å². The van der Waals surface area contributed by atoms with Crippen LogP contribution in [0.5, 0.6) is 0 Å². The molecule has 2 aliphatic rings. The number of rotatable bonds is 5. The van der Waals surface area contributed by atoms with Gasteiger partial charge in [-0.1, -0.05) is 6.07 Å². The maximum absolute atomic E-state index is 13.2. The summed E-state index contributed by atoms with van der Waals surface area (Å²) in [4.78, 5) is 16.1. The summed E-state index contributed by atoms with van der Waals surface area (Å²) in [6.45, 7) is 0.430. The number of carbonyl (C=O) groups excluding carboxylic acids is 1. The van der Waals surface area contributed by atoms with Gasteiger partial charge in [0.2, 0.25) is 5.91 Å². The number of nitrogens with one attached hydrogen (secondary N) is 2. The topological polar surface area (TPSA) is 103 Å². The molecule has 0 spiro atoms. The third-order valence-electron chi connectivity index (χ3n) is 6.10. The Morgan fingerprint density at radius 1 is 1.22 bits per heavy atom. The summed E-state index contributed by atoms with van der Waals surface area (Å²) < 4.78 is 1.76. The summed E-state index contributed by atoms with van der Waals surface area (Å²) in [7, 11) is 0. The molecule has 32 heavy (non-hydrogen) atoms. The first-order valence-corrected chi connectivity index (χ1v) is 11.7. The van der Waals surface area contributed by atoms with E-state index >= 15 is 0 Å². The highest BCUT2D eigenvalue weighted by Crippen LogP contribution is 2.37. The number of nitrogens with zero attached hydrogens (tertiary/aromatic N) is 3. The molecule has 0 bridgehead atoms. The Balaban J connectivity index is 1.42. The largest absolute Gasteiger partial charge is 0.390 e. The zero-order chi connectivity index (χ0) is 22.2. The zero-order valence-corrected chi connectivity index (χ0v) is 18.7. The van der Waals surface area contributed by atoms with Crippen LogP contribution in [-0.2, 0) is 11.3 Å². The lowest BCUT2D eigenvalue weighted by atomic mass is 9.77. The fourth-order valence-corrected chi connectivity index (χ4v) is 5.55. The molecule has 8 nitrogen and oxygen atoms in total. The molecule has 3 aromatic rings. The van der Waals surface area contributed by atoms with E-state index in [1.807, 2.05) is 58.9 Å². The van der Waals surface area contributed by atoms with Gasteiger partial charge >= 0.3 is 0 Å². The number of thiophene rings is 1. The van der Waals surface area contributed by atoms with Gasteiger partial charge in [-0.2, -0.15) is 5.10 Å². The van der Waals surface area contributed by atoms with Gasteiger partial charge in [-0.3, -0.25) is 4.79 Å². The van der Waals surface area contributed by atoms with E-state index in [1.54, 1.807) is 22.2 Å². The van der Waals surface area contributed by atoms with Crippen molar-refractivity contribution in [3.8, 4) is 5.69 Å². The van der Waals surface area contributed by atoms with Crippen LogP contribution in [0.15, 0.2) is 60.2 Å². The summed E-state index contributed by atoms with van der Waals surface area (Å²) in [5.41, 5.74) is 1.71. The van der Waals surface area contributed by atoms with Crippen molar-refractivity contribution in [3.05, 3.63) is 65.1 Å². The Kier molecular flexibility index (Phi) is 5.68. The van der Waals surface area contributed by atoms with Gasteiger partial charge in [0.1, 0.15) is 6.10 Å². The maximum Gasteiger partial charge on any atom is 0.225 e. The van der Waals surface area contributed by atoms with E-state index in [1.165, 1.54) is 0 Å². The van der Waals surface area contributed by atoms with Gasteiger partial charge in [0.25, 0.3) is 0 Å². The van der Waals surface area contributed by atoms with Crippen molar-refractivity contribution in [2.45, 2.75) is 37.3 Å². The number of anilines is 1. The standard InChI is InChI=1S/C22H23N5O3S2/c28-17-11-16(21(30)23-12-15-3-1-10-32-15)19-18(20(17)29)25-22(31)27(19)14-6-4-13(5-7-14)26-9-2-8-24-26/h1-10,16-20,28-29H,11-12H2,(H,23,30)(H,25,31). The number of fused-ring (bicyclic) bond motifs is 1. The number of aliphatic hydroxyl groups excluding tert-OH is 2. The summed E-state index contributed by atoms with van der Waals surface area (Å²) in [6, 6.07) is 12.5. The fourth-order valence-electron chi connectivity index (χ4n) is 4.55. The molecule has 1 saturated carbocycles. The minimum atomic E-state index is -1.02. The zero-order valence-electron chi connectivity index (χ0n) is 17.0. The molecule has 3 heterocycles. The van der Waals surface area contributed by atoms with Crippen LogP contribution in [0, 0.1) is 5.92 Å². The van der Waals surface area contributed by atoms with Crippen molar-refractivity contribution in [2.24, 2.45) is 5.92 Å². The number of hydrogen-bond acceptors (Lipinski definition) is 6. The summed E-state index contributed by atoms with van der Waals surface area (Å²) in [6.07, 6.45) is 1.70. The third kappa shape index (κ3) is 3.79. The molecule has 1 aliphatic carbocycles. The first-order valence-electron chi connectivity index (χ1n) is 10.4. The molecule has 5 unspecified atom stereocenters. The number of amides is 1. The molecule has 2 fully saturated rings. The molecule has 1 aliphatic heterocycles. The number of benzene rings is 1. The van der Waals surface area contributed by atoms with Crippen molar-refractivity contribution in [1.82, 2.24) is 20.4 Å². The Bertz CT molecular complexity index is 1090. The molecular weight excluding hydrogens is 446 g/mol. The number of hydrogen-bond donors (Lipinski definition) is 4. The Hall–Kier alpha value is -2.79. The SMILES string of the molecule is O=C(NCc1cccs1)C1CC(O)C(O)C2NC(=S)N(c3ccc(-n4cccn4)cc3)C12. The van der Waals surface area contributed by atoms with Crippen molar-refractivity contribution in [1.29, 1.82) is 0 Å². The van der Waals surface area contributed by atoms with E-state index in [-0.39, 0.29) is 12.3 Å². The summed E-state index contributed by atoms with van der Waals surface area (Å²) in [5, 5.41) is 33.8. The number of carbonyl (C=O) groups is 1.